The number of nitrogen functional groups attached to an aromatic ring is 1. The number of benzene rings is 2. The van der Waals surface area contributed by atoms with E-state index >= 15 is 0 Å². The number of aryl methyl sites for hydroxylation is 1. The van der Waals surface area contributed by atoms with Gasteiger partial charge in [0.1, 0.15) is 5.75 Å². The highest BCUT2D eigenvalue weighted by Crippen LogP contribution is 2.20. The molecule has 1 unspecified atom stereocenters. The van der Waals surface area contributed by atoms with Gasteiger partial charge in [-0.1, -0.05) is 18.2 Å². The van der Waals surface area contributed by atoms with Gasteiger partial charge in [-0.15, -0.1) is 0 Å². The normalized spacial score (nSPS) is 11.8. The number of nitrogens with one attached hydrogen (secondary N) is 1. The summed E-state index contributed by atoms with van der Waals surface area (Å²) in [6.07, 6.45) is 0. The molecule has 4 heteroatoms. The van der Waals surface area contributed by atoms with Gasteiger partial charge in [0, 0.05) is 11.3 Å². The molecule has 0 bridgehead atoms. The van der Waals surface area contributed by atoms with E-state index in [0.717, 1.165) is 16.9 Å². The first-order valence-corrected chi connectivity index (χ1v) is 6.82. The van der Waals surface area contributed by atoms with Crippen LogP contribution in [0.2, 0.25) is 0 Å². The van der Waals surface area contributed by atoms with Gasteiger partial charge < -0.3 is 15.8 Å². The van der Waals surface area contributed by atoms with Crippen LogP contribution < -0.4 is 15.8 Å². The minimum atomic E-state index is -0.130. The Morgan fingerprint density at radius 3 is 2.71 bits per heavy atom. The van der Waals surface area contributed by atoms with Gasteiger partial charge >= 0.3 is 0 Å². The fourth-order valence-electron chi connectivity index (χ4n) is 2.15. The molecule has 21 heavy (non-hydrogen) atoms. The Kier molecular flexibility index (Phi) is 4.48. The first-order chi connectivity index (χ1) is 10.0. The lowest BCUT2D eigenvalue weighted by Crippen LogP contribution is -2.27. The summed E-state index contributed by atoms with van der Waals surface area (Å²) in [6.45, 7) is 3.83. The highest BCUT2D eigenvalue weighted by atomic mass is 16.5. The van der Waals surface area contributed by atoms with Crippen molar-refractivity contribution in [3.8, 4) is 5.75 Å². The Morgan fingerprint density at radius 2 is 2.00 bits per heavy atom. The molecule has 4 nitrogen and oxygen atoms in total. The molecule has 0 spiro atoms. The Bertz CT molecular complexity index is 653. The molecule has 1 atom stereocenters. The van der Waals surface area contributed by atoms with Crippen molar-refractivity contribution >= 4 is 11.6 Å². The number of methoxy groups -OCH3 is 1. The fourth-order valence-corrected chi connectivity index (χ4v) is 2.15. The second kappa shape index (κ2) is 6.31. The third-order valence-electron chi connectivity index (χ3n) is 3.45. The molecule has 2 rings (SSSR count). The predicted octanol–water partition coefficient (Wildman–Crippen LogP) is 3.08. The molecule has 1 amide bonds. The molecule has 0 saturated carbocycles. The van der Waals surface area contributed by atoms with Crippen LogP contribution in [0.25, 0.3) is 0 Å². The van der Waals surface area contributed by atoms with Crippen LogP contribution in [0.3, 0.4) is 0 Å². The van der Waals surface area contributed by atoms with E-state index in [4.69, 9.17) is 10.5 Å². The first-order valence-electron chi connectivity index (χ1n) is 6.82. The largest absolute Gasteiger partial charge is 0.497 e. The Hall–Kier alpha value is -2.49. The average molecular weight is 284 g/mol. The summed E-state index contributed by atoms with van der Waals surface area (Å²) in [6, 6.07) is 12.9. The maximum atomic E-state index is 12.4. The van der Waals surface area contributed by atoms with E-state index in [1.54, 1.807) is 19.2 Å². The van der Waals surface area contributed by atoms with Gasteiger partial charge in [0.15, 0.2) is 0 Å². The van der Waals surface area contributed by atoms with Gasteiger partial charge in [0.25, 0.3) is 5.91 Å². The SMILES string of the molecule is COc1cccc(C(C)NC(=O)c2cc(N)ccc2C)c1. The first kappa shape index (κ1) is 14.9. The molecular weight excluding hydrogens is 264 g/mol. The van der Waals surface area contributed by atoms with Crippen molar-refractivity contribution in [1.29, 1.82) is 0 Å². The Balaban J connectivity index is 2.16. The predicted molar refractivity (Wildman–Crippen MR) is 84.5 cm³/mol. The molecule has 0 aliphatic carbocycles. The molecule has 0 aliphatic heterocycles. The van der Waals surface area contributed by atoms with Gasteiger partial charge in [0.2, 0.25) is 0 Å². The van der Waals surface area contributed by atoms with E-state index < -0.39 is 0 Å². The number of ether oxygens (including phenoxy) is 1. The topological polar surface area (TPSA) is 64.3 Å². The number of hydrogen-bond acceptors (Lipinski definition) is 3. The van der Waals surface area contributed by atoms with Crippen molar-refractivity contribution in [3.63, 3.8) is 0 Å². The number of anilines is 1. The maximum Gasteiger partial charge on any atom is 0.252 e. The van der Waals surface area contributed by atoms with Crippen molar-refractivity contribution in [2.45, 2.75) is 19.9 Å². The number of nitrogens with two attached hydrogens (primary N) is 1. The summed E-state index contributed by atoms with van der Waals surface area (Å²) in [5, 5.41) is 2.98. The summed E-state index contributed by atoms with van der Waals surface area (Å²) in [4.78, 5) is 12.4. The minimum absolute atomic E-state index is 0.117. The summed E-state index contributed by atoms with van der Waals surface area (Å²) in [5.41, 5.74) is 8.83. The smallest absolute Gasteiger partial charge is 0.252 e. The second-order valence-electron chi connectivity index (χ2n) is 5.05. The van der Waals surface area contributed by atoms with Crippen LogP contribution in [0.4, 0.5) is 5.69 Å². The van der Waals surface area contributed by atoms with Crippen molar-refractivity contribution in [1.82, 2.24) is 5.32 Å². The van der Waals surface area contributed by atoms with Crippen molar-refractivity contribution in [2.24, 2.45) is 0 Å². The van der Waals surface area contributed by atoms with Crippen LogP contribution >= 0.6 is 0 Å². The number of carbonyl (C=O) groups excluding carboxylic acids is 1. The lowest BCUT2D eigenvalue weighted by Gasteiger charge is -2.16. The number of rotatable bonds is 4. The average Bonchev–Trinajstić information content (AvgIpc) is 2.49. The monoisotopic (exact) mass is 284 g/mol. The van der Waals surface area contributed by atoms with Crippen LogP contribution in [0, 0.1) is 6.92 Å². The standard InChI is InChI=1S/C17H20N2O2/c1-11-7-8-14(18)10-16(11)17(20)19-12(2)13-5-4-6-15(9-13)21-3/h4-10,12H,18H2,1-3H3,(H,19,20). The van der Waals surface area contributed by atoms with E-state index in [2.05, 4.69) is 5.32 Å². The van der Waals surface area contributed by atoms with Gasteiger partial charge in [-0.3, -0.25) is 4.79 Å². The Labute approximate surface area is 124 Å². The summed E-state index contributed by atoms with van der Waals surface area (Å²) in [7, 11) is 1.62. The van der Waals surface area contributed by atoms with Crippen molar-refractivity contribution < 1.29 is 9.53 Å². The van der Waals surface area contributed by atoms with E-state index in [-0.39, 0.29) is 11.9 Å². The number of hydrogen-bond donors (Lipinski definition) is 2. The third kappa shape index (κ3) is 3.54. The molecule has 0 aromatic heterocycles. The number of carbonyl (C=O) groups is 1. The number of amides is 1. The summed E-state index contributed by atoms with van der Waals surface area (Å²) in [5.74, 6) is 0.642. The van der Waals surface area contributed by atoms with E-state index in [1.165, 1.54) is 0 Å². The van der Waals surface area contributed by atoms with Crippen LogP contribution in [0.15, 0.2) is 42.5 Å². The van der Waals surface area contributed by atoms with Gasteiger partial charge in [-0.05, 0) is 49.2 Å². The zero-order chi connectivity index (χ0) is 15.4. The fraction of sp³-hybridized carbons (Fsp3) is 0.235. The lowest BCUT2D eigenvalue weighted by atomic mass is 10.0. The highest BCUT2D eigenvalue weighted by Gasteiger charge is 2.14. The zero-order valence-electron chi connectivity index (χ0n) is 12.5. The second-order valence-corrected chi connectivity index (χ2v) is 5.05. The van der Waals surface area contributed by atoms with E-state index in [0.29, 0.717) is 11.3 Å². The van der Waals surface area contributed by atoms with Gasteiger partial charge in [-0.2, -0.15) is 0 Å². The van der Waals surface area contributed by atoms with Crippen molar-refractivity contribution in [3.05, 3.63) is 59.2 Å². The van der Waals surface area contributed by atoms with E-state index in [1.807, 2.05) is 44.2 Å². The van der Waals surface area contributed by atoms with Crippen molar-refractivity contribution in [2.75, 3.05) is 12.8 Å². The minimum Gasteiger partial charge on any atom is -0.497 e. The summed E-state index contributed by atoms with van der Waals surface area (Å²) >= 11 is 0. The molecule has 2 aromatic carbocycles. The molecule has 2 aromatic rings. The molecule has 0 fully saturated rings. The lowest BCUT2D eigenvalue weighted by molar-refractivity contribution is 0.0939. The molecule has 0 radical (unpaired) electrons. The molecule has 110 valence electrons. The molecule has 0 heterocycles. The molecule has 0 aliphatic rings. The van der Waals surface area contributed by atoms with Crippen LogP contribution in [0.1, 0.15) is 34.5 Å². The highest BCUT2D eigenvalue weighted by molar-refractivity contribution is 5.96. The molecule has 0 saturated heterocycles. The maximum absolute atomic E-state index is 12.4. The van der Waals surface area contributed by atoms with Crippen LogP contribution in [0.5, 0.6) is 5.75 Å². The third-order valence-corrected chi connectivity index (χ3v) is 3.45. The molecular formula is C17H20N2O2. The zero-order valence-corrected chi connectivity index (χ0v) is 12.5. The van der Waals surface area contributed by atoms with E-state index in [9.17, 15) is 4.79 Å². The quantitative estimate of drug-likeness (QED) is 0.848. The van der Waals surface area contributed by atoms with Gasteiger partial charge in [-0.25, -0.2) is 0 Å². The Morgan fingerprint density at radius 1 is 1.24 bits per heavy atom. The van der Waals surface area contributed by atoms with Crippen LogP contribution in [-0.4, -0.2) is 13.0 Å². The van der Waals surface area contributed by atoms with Crippen LogP contribution in [-0.2, 0) is 0 Å². The molecule has 3 N–H and O–H groups in total. The van der Waals surface area contributed by atoms with Gasteiger partial charge in [0.05, 0.1) is 13.2 Å². The summed E-state index contributed by atoms with van der Waals surface area (Å²) < 4.78 is 5.20.